The molecule has 0 saturated carbocycles. The predicted molar refractivity (Wildman–Crippen MR) is 102 cm³/mol. The Kier molecular flexibility index (Phi) is 5.09. The van der Waals surface area contributed by atoms with Crippen LogP contribution < -0.4 is 15.0 Å². The van der Waals surface area contributed by atoms with E-state index in [1.165, 1.54) is 6.92 Å². The van der Waals surface area contributed by atoms with Gasteiger partial charge < -0.3 is 10.1 Å². The van der Waals surface area contributed by atoms with Gasteiger partial charge in [-0.2, -0.15) is 0 Å². The highest BCUT2D eigenvalue weighted by Gasteiger charge is 2.36. The van der Waals surface area contributed by atoms with Crippen molar-refractivity contribution in [3.8, 4) is 5.75 Å². The molecule has 0 aromatic heterocycles. The summed E-state index contributed by atoms with van der Waals surface area (Å²) in [6.07, 6.45) is 1.68. The van der Waals surface area contributed by atoms with Crippen LogP contribution in [-0.4, -0.2) is 24.2 Å². The average molecular weight is 368 g/mol. The van der Waals surface area contributed by atoms with Crippen molar-refractivity contribution in [2.24, 2.45) is 0 Å². The molecule has 0 aliphatic carbocycles. The number of amides is 3. The van der Waals surface area contributed by atoms with Crippen molar-refractivity contribution in [3.63, 3.8) is 0 Å². The number of hydrogen-bond donors (Lipinski definition) is 1. The Morgan fingerprint density at radius 1 is 1.08 bits per heavy atom. The zero-order valence-electron chi connectivity index (χ0n) is 14.2. The lowest BCUT2D eigenvalue weighted by Gasteiger charge is -2.13. The topological polar surface area (TPSA) is 75.7 Å². The van der Waals surface area contributed by atoms with E-state index in [0.717, 1.165) is 28.0 Å². The Bertz CT molecular complexity index is 889. The van der Waals surface area contributed by atoms with E-state index in [0.29, 0.717) is 16.3 Å². The molecule has 132 valence electrons. The molecular weight excluding hydrogens is 352 g/mol. The monoisotopic (exact) mass is 368 g/mol. The highest BCUT2D eigenvalue weighted by atomic mass is 32.2. The summed E-state index contributed by atoms with van der Waals surface area (Å²) in [4.78, 5) is 37.5. The molecule has 1 heterocycles. The second kappa shape index (κ2) is 7.45. The second-order valence-corrected chi connectivity index (χ2v) is 6.51. The van der Waals surface area contributed by atoms with Crippen LogP contribution in [-0.2, 0) is 9.59 Å². The van der Waals surface area contributed by atoms with Gasteiger partial charge in [0.05, 0.1) is 17.7 Å². The number of thioether (sulfide) groups is 1. The Hall–Kier alpha value is -3.06. The van der Waals surface area contributed by atoms with Crippen LogP contribution in [0, 0.1) is 0 Å². The van der Waals surface area contributed by atoms with Crippen molar-refractivity contribution < 1.29 is 19.1 Å². The molecule has 2 aromatic rings. The summed E-state index contributed by atoms with van der Waals surface area (Å²) in [7, 11) is 1.58. The van der Waals surface area contributed by atoms with Gasteiger partial charge in [0.15, 0.2) is 0 Å². The maximum atomic E-state index is 12.6. The second-order valence-electron chi connectivity index (χ2n) is 5.52. The molecular formula is C19H16N2O4S. The van der Waals surface area contributed by atoms with Crippen molar-refractivity contribution in [1.82, 2.24) is 0 Å². The fourth-order valence-electron chi connectivity index (χ4n) is 2.44. The van der Waals surface area contributed by atoms with Gasteiger partial charge in [-0.3, -0.25) is 14.4 Å². The molecule has 0 radical (unpaired) electrons. The number of carbonyl (C=O) groups is 3. The first kappa shape index (κ1) is 17.8. The minimum atomic E-state index is -0.372. The lowest BCUT2D eigenvalue weighted by molar-refractivity contribution is -0.114. The van der Waals surface area contributed by atoms with Crippen LogP contribution >= 0.6 is 11.8 Å². The van der Waals surface area contributed by atoms with E-state index < -0.39 is 0 Å². The lowest BCUT2D eigenvalue weighted by Crippen LogP contribution is -2.27. The number of carbonyl (C=O) groups excluding carboxylic acids is 3. The van der Waals surface area contributed by atoms with E-state index >= 15 is 0 Å². The number of ether oxygens (including phenoxy) is 1. The van der Waals surface area contributed by atoms with Crippen molar-refractivity contribution >= 4 is 46.3 Å². The Morgan fingerprint density at radius 2 is 1.73 bits per heavy atom. The number of nitrogens with one attached hydrogen (secondary N) is 1. The van der Waals surface area contributed by atoms with E-state index in [2.05, 4.69) is 5.32 Å². The minimum Gasteiger partial charge on any atom is -0.497 e. The molecule has 0 bridgehead atoms. The first-order chi connectivity index (χ1) is 12.5. The smallest absolute Gasteiger partial charge is 0.298 e. The molecule has 3 amide bonds. The molecule has 1 N–H and O–H groups in total. The van der Waals surface area contributed by atoms with Crippen molar-refractivity contribution in [2.45, 2.75) is 6.92 Å². The molecule has 0 unspecified atom stereocenters. The Labute approximate surface area is 154 Å². The zero-order chi connectivity index (χ0) is 18.7. The Balaban J connectivity index is 1.81. The van der Waals surface area contributed by atoms with Gasteiger partial charge in [0.25, 0.3) is 11.1 Å². The van der Waals surface area contributed by atoms with Gasteiger partial charge in [0.2, 0.25) is 5.91 Å². The van der Waals surface area contributed by atoms with Gasteiger partial charge in [-0.15, -0.1) is 0 Å². The molecule has 1 aliphatic rings. The maximum Gasteiger partial charge on any atom is 0.298 e. The van der Waals surface area contributed by atoms with E-state index in [9.17, 15) is 14.4 Å². The van der Waals surface area contributed by atoms with Gasteiger partial charge >= 0.3 is 0 Å². The van der Waals surface area contributed by atoms with Gasteiger partial charge in [0.1, 0.15) is 5.75 Å². The standard InChI is InChI=1S/C19H16N2O4S/c1-12(22)20-14-5-7-15(8-6-14)21-18(23)17(26-19(21)24)11-13-3-9-16(25-2)10-4-13/h3-11H,1-2H3,(H,20,22)/b17-11-. The van der Waals surface area contributed by atoms with E-state index in [4.69, 9.17) is 4.74 Å². The quantitative estimate of drug-likeness (QED) is 0.829. The van der Waals surface area contributed by atoms with Crippen molar-refractivity contribution in [2.75, 3.05) is 17.3 Å². The third-order valence-corrected chi connectivity index (χ3v) is 4.52. The molecule has 0 atom stereocenters. The molecule has 6 nitrogen and oxygen atoms in total. The van der Waals surface area contributed by atoms with Gasteiger partial charge in [-0.05, 0) is 59.8 Å². The molecule has 7 heteroatoms. The lowest BCUT2D eigenvalue weighted by atomic mass is 10.2. The highest BCUT2D eigenvalue weighted by molar-refractivity contribution is 8.19. The van der Waals surface area contributed by atoms with Gasteiger partial charge in [-0.25, -0.2) is 4.90 Å². The van der Waals surface area contributed by atoms with Crippen molar-refractivity contribution in [1.29, 1.82) is 0 Å². The van der Waals surface area contributed by atoms with Crippen LogP contribution in [0.15, 0.2) is 53.4 Å². The number of rotatable bonds is 4. The third-order valence-electron chi connectivity index (χ3n) is 3.65. The zero-order valence-corrected chi connectivity index (χ0v) is 15.0. The fraction of sp³-hybridized carbons (Fsp3) is 0.105. The number of nitrogens with zero attached hydrogens (tertiary/aromatic N) is 1. The molecule has 2 aromatic carbocycles. The van der Waals surface area contributed by atoms with Crippen LogP contribution in [0.2, 0.25) is 0 Å². The first-order valence-corrected chi connectivity index (χ1v) is 8.59. The van der Waals surface area contributed by atoms with E-state index in [1.807, 2.05) is 12.1 Å². The van der Waals surface area contributed by atoms with Crippen LogP contribution in [0.5, 0.6) is 5.75 Å². The summed E-state index contributed by atoms with van der Waals surface area (Å²) in [5.41, 5.74) is 1.86. The normalized spacial score (nSPS) is 15.5. The minimum absolute atomic E-state index is 0.189. The van der Waals surface area contributed by atoms with Crippen LogP contribution in [0.1, 0.15) is 12.5 Å². The highest BCUT2D eigenvalue weighted by Crippen LogP contribution is 2.36. The molecule has 1 fully saturated rings. The first-order valence-electron chi connectivity index (χ1n) is 7.77. The number of benzene rings is 2. The molecule has 3 rings (SSSR count). The summed E-state index contributed by atoms with van der Waals surface area (Å²) in [6, 6.07) is 13.7. The molecule has 26 heavy (non-hydrogen) atoms. The molecule has 0 spiro atoms. The number of anilines is 2. The molecule has 1 aliphatic heterocycles. The van der Waals surface area contributed by atoms with E-state index in [1.54, 1.807) is 49.6 Å². The SMILES string of the molecule is COc1ccc(/C=C2\SC(=O)N(c3ccc(NC(C)=O)cc3)C2=O)cc1. The van der Waals surface area contributed by atoms with Crippen molar-refractivity contribution in [3.05, 3.63) is 59.0 Å². The summed E-state index contributed by atoms with van der Waals surface area (Å²) in [5, 5.41) is 2.28. The van der Waals surface area contributed by atoms with Crippen LogP contribution in [0.4, 0.5) is 16.2 Å². The third kappa shape index (κ3) is 3.78. The fourth-order valence-corrected chi connectivity index (χ4v) is 3.28. The summed E-state index contributed by atoms with van der Waals surface area (Å²) in [5.74, 6) is 0.156. The van der Waals surface area contributed by atoms with Crippen LogP contribution in [0.3, 0.4) is 0 Å². The average Bonchev–Trinajstić information content (AvgIpc) is 2.89. The van der Waals surface area contributed by atoms with E-state index in [-0.39, 0.29) is 17.1 Å². The molecule has 1 saturated heterocycles. The largest absolute Gasteiger partial charge is 0.497 e. The van der Waals surface area contributed by atoms with Gasteiger partial charge in [-0.1, -0.05) is 12.1 Å². The summed E-state index contributed by atoms with van der Waals surface area (Å²) >= 11 is 0.894. The van der Waals surface area contributed by atoms with Crippen LogP contribution in [0.25, 0.3) is 6.08 Å². The number of methoxy groups -OCH3 is 1. The summed E-state index contributed by atoms with van der Waals surface area (Å²) < 4.78 is 5.10. The van der Waals surface area contributed by atoms with Gasteiger partial charge in [0, 0.05) is 12.6 Å². The number of hydrogen-bond acceptors (Lipinski definition) is 5. The summed E-state index contributed by atoms with van der Waals surface area (Å²) in [6.45, 7) is 1.41. The predicted octanol–water partition coefficient (Wildman–Crippen LogP) is 3.89. The Morgan fingerprint density at radius 3 is 2.31 bits per heavy atom. The number of imide groups is 1. The maximum absolute atomic E-state index is 12.6.